The molecule has 0 spiro atoms. The standard InChI is InChI=1S/C19H17FN2O4S/c1-24-14-7-3-5-12(17(14)25-2)18(23)22-9-11(10-22)26-19-21-16-13(20)6-4-8-15(16)27-19/h3-8,11H,9-10H2,1-2H3. The van der Waals surface area contributed by atoms with Crippen molar-refractivity contribution in [2.75, 3.05) is 27.3 Å². The topological polar surface area (TPSA) is 60.9 Å². The number of para-hydroxylation sites is 2. The Hall–Kier alpha value is -2.87. The van der Waals surface area contributed by atoms with Crippen molar-refractivity contribution in [3.05, 3.63) is 47.8 Å². The maximum absolute atomic E-state index is 13.7. The van der Waals surface area contributed by atoms with Crippen molar-refractivity contribution in [1.29, 1.82) is 0 Å². The van der Waals surface area contributed by atoms with E-state index in [0.717, 1.165) is 4.70 Å². The van der Waals surface area contributed by atoms with Gasteiger partial charge in [0.05, 0.1) is 37.6 Å². The molecule has 0 saturated carbocycles. The Morgan fingerprint density at radius 2 is 1.96 bits per heavy atom. The zero-order valence-electron chi connectivity index (χ0n) is 14.8. The lowest BCUT2D eigenvalue weighted by Crippen LogP contribution is -2.56. The highest BCUT2D eigenvalue weighted by Crippen LogP contribution is 2.34. The molecule has 4 rings (SSSR count). The highest BCUT2D eigenvalue weighted by molar-refractivity contribution is 7.20. The summed E-state index contributed by atoms with van der Waals surface area (Å²) in [6, 6.07) is 10.0. The van der Waals surface area contributed by atoms with Gasteiger partial charge in [0.25, 0.3) is 11.1 Å². The third kappa shape index (κ3) is 3.16. The molecule has 1 amide bonds. The summed E-state index contributed by atoms with van der Waals surface area (Å²) in [5.41, 5.74) is 0.753. The molecule has 2 aromatic carbocycles. The first kappa shape index (κ1) is 17.5. The summed E-state index contributed by atoms with van der Waals surface area (Å²) in [5.74, 6) is 0.402. The molecule has 1 fully saturated rings. The minimum Gasteiger partial charge on any atom is -0.493 e. The number of nitrogens with zero attached hydrogens (tertiary/aromatic N) is 2. The van der Waals surface area contributed by atoms with Crippen molar-refractivity contribution >= 4 is 27.5 Å². The van der Waals surface area contributed by atoms with E-state index in [1.165, 1.54) is 31.6 Å². The second-order valence-electron chi connectivity index (χ2n) is 6.06. The molecule has 0 unspecified atom stereocenters. The molecule has 1 aliphatic rings. The van der Waals surface area contributed by atoms with Crippen LogP contribution < -0.4 is 14.2 Å². The molecular formula is C19H17FN2O4S. The van der Waals surface area contributed by atoms with E-state index in [4.69, 9.17) is 14.2 Å². The molecule has 8 heteroatoms. The van der Waals surface area contributed by atoms with Crippen molar-refractivity contribution in [3.63, 3.8) is 0 Å². The monoisotopic (exact) mass is 388 g/mol. The number of thiazole rings is 1. The summed E-state index contributed by atoms with van der Waals surface area (Å²) >= 11 is 1.29. The van der Waals surface area contributed by atoms with Gasteiger partial charge in [0, 0.05) is 0 Å². The molecule has 2 heterocycles. The quantitative estimate of drug-likeness (QED) is 0.671. The Morgan fingerprint density at radius 3 is 2.67 bits per heavy atom. The number of methoxy groups -OCH3 is 2. The first-order chi connectivity index (χ1) is 13.1. The highest BCUT2D eigenvalue weighted by Gasteiger charge is 2.35. The Balaban J connectivity index is 1.43. The molecule has 27 heavy (non-hydrogen) atoms. The third-order valence-electron chi connectivity index (χ3n) is 4.39. The van der Waals surface area contributed by atoms with Gasteiger partial charge in [-0.2, -0.15) is 4.98 Å². The summed E-state index contributed by atoms with van der Waals surface area (Å²) in [6.45, 7) is 0.856. The first-order valence-electron chi connectivity index (χ1n) is 8.32. The van der Waals surface area contributed by atoms with E-state index in [1.807, 2.05) is 0 Å². The Labute approximate surface area is 159 Å². The number of benzene rings is 2. The average Bonchev–Trinajstić information content (AvgIpc) is 3.07. The highest BCUT2D eigenvalue weighted by atomic mass is 32.1. The minimum absolute atomic E-state index is 0.152. The van der Waals surface area contributed by atoms with Crippen LogP contribution in [-0.2, 0) is 0 Å². The molecule has 0 atom stereocenters. The lowest BCUT2D eigenvalue weighted by Gasteiger charge is -2.38. The largest absolute Gasteiger partial charge is 0.493 e. The third-order valence-corrected chi connectivity index (χ3v) is 5.30. The Kier molecular flexibility index (Phi) is 4.57. The zero-order valence-corrected chi connectivity index (χ0v) is 15.6. The van der Waals surface area contributed by atoms with Gasteiger partial charge in [0.15, 0.2) is 11.5 Å². The number of fused-ring (bicyclic) bond motifs is 1. The molecule has 1 saturated heterocycles. The van der Waals surface area contributed by atoms with Gasteiger partial charge in [-0.05, 0) is 24.3 Å². The summed E-state index contributed by atoms with van der Waals surface area (Å²) in [7, 11) is 3.03. The Bertz CT molecular complexity index is 1000. The maximum atomic E-state index is 13.7. The number of hydrogen-bond acceptors (Lipinski definition) is 6. The smallest absolute Gasteiger partial charge is 0.274 e. The molecule has 1 aliphatic heterocycles. The van der Waals surface area contributed by atoms with Crippen LogP contribution in [0.1, 0.15) is 10.4 Å². The van der Waals surface area contributed by atoms with Crippen LogP contribution in [0.2, 0.25) is 0 Å². The summed E-state index contributed by atoms with van der Waals surface area (Å²) < 4.78 is 30.8. The molecule has 0 bridgehead atoms. The number of likely N-dealkylation sites (tertiary alicyclic amines) is 1. The normalized spacial score (nSPS) is 14.1. The number of aromatic nitrogens is 1. The van der Waals surface area contributed by atoms with Crippen LogP contribution in [0.5, 0.6) is 16.7 Å². The molecular weight excluding hydrogens is 371 g/mol. The second-order valence-corrected chi connectivity index (χ2v) is 7.05. The van der Waals surface area contributed by atoms with Gasteiger partial charge in [-0.25, -0.2) is 4.39 Å². The second kappa shape index (κ2) is 7.03. The number of carbonyl (C=O) groups is 1. The maximum Gasteiger partial charge on any atom is 0.274 e. The summed E-state index contributed by atoms with van der Waals surface area (Å²) in [4.78, 5) is 18.6. The van der Waals surface area contributed by atoms with Crippen LogP contribution in [0, 0.1) is 5.82 Å². The van der Waals surface area contributed by atoms with E-state index in [2.05, 4.69) is 4.98 Å². The fourth-order valence-electron chi connectivity index (χ4n) is 2.99. The van der Waals surface area contributed by atoms with Crippen molar-refractivity contribution < 1.29 is 23.4 Å². The van der Waals surface area contributed by atoms with Gasteiger partial charge in [0.2, 0.25) is 0 Å². The predicted octanol–water partition coefficient (Wildman–Crippen LogP) is 3.36. The predicted molar refractivity (Wildman–Crippen MR) is 99.4 cm³/mol. The molecule has 6 nitrogen and oxygen atoms in total. The average molecular weight is 388 g/mol. The zero-order chi connectivity index (χ0) is 19.0. The van der Waals surface area contributed by atoms with Crippen LogP contribution in [0.25, 0.3) is 10.2 Å². The van der Waals surface area contributed by atoms with Crippen LogP contribution >= 0.6 is 11.3 Å². The van der Waals surface area contributed by atoms with Crippen molar-refractivity contribution in [1.82, 2.24) is 9.88 Å². The number of carbonyl (C=O) groups excluding carboxylic acids is 1. The molecule has 0 radical (unpaired) electrons. The molecule has 140 valence electrons. The lowest BCUT2D eigenvalue weighted by atomic mass is 10.1. The van der Waals surface area contributed by atoms with Gasteiger partial charge >= 0.3 is 0 Å². The van der Waals surface area contributed by atoms with Crippen LogP contribution in [0.3, 0.4) is 0 Å². The first-order valence-corrected chi connectivity index (χ1v) is 9.14. The minimum atomic E-state index is -0.367. The number of halogens is 1. The number of rotatable bonds is 5. The van der Waals surface area contributed by atoms with Crippen LogP contribution in [0.4, 0.5) is 4.39 Å². The SMILES string of the molecule is COc1cccc(C(=O)N2CC(Oc3nc4c(F)cccc4s3)C2)c1OC. The molecule has 0 N–H and O–H groups in total. The lowest BCUT2D eigenvalue weighted by molar-refractivity contribution is 0.0175. The van der Waals surface area contributed by atoms with Gasteiger partial charge < -0.3 is 19.1 Å². The van der Waals surface area contributed by atoms with E-state index < -0.39 is 0 Å². The van der Waals surface area contributed by atoms with E-state index in [9.17, 15) is 9.18 Å². The summed E-state index contributed by atoms with van der Waals surface area (Å²) in [6.07, 6.45) is -0.172. The van der Waals surface area contributed by atoms with E-state index in [0.29, 0.717) is 40.9 Å². The van der Waals surface area contributed by atoms with Gasteiger partial charge in [-0.15, -0.1) is 0 Å². The van der Waals surface area contributed by atoms with Gasteiger partial charge in [-0.3, -0.25) is 4.79 Å². The van der Waals surface area contributed by atoms with Crippen molar-refractivity contribution in [2.24, 2.45) is 0 Å². The van der Waals surface area contributed by atoms with Gasteiger partial charge in [-0.1, -0.05) is 23.5 Å². The molecule has 3 aromatic rings. The van der Waals surface area contributed by atoms with Crippen LogP contribution in [-0.4, -0.2) is 49.2 Å². The number of ether oxygens (including phenoxy) is 3. The van der Waals surface area contributed by atoms with Crippen LogP contribution in [0.15, 0.2) is 36.4 Å². The van der Waals surface area contributed by atoms with Crippen molar-refractivity contribution in [2.45, 2.75) is 6.10 Å². The fourth-order valence-corrected chi connectivity index (χ4v) is 3.89. The fraction of sp³-hybridized carbons (Fsp3) is 0.263. The summed E-state index contributed by atoms with van der Waals surface area (Å²) in [5, 5.41) is 0.408. The van der Waals surface area contributed by atoms with E-state index in [1.54, 1.807) is 35.2 Å². The molecule has 1 aromatic heterocycles. The Morgan fingerprint density at radius 1 is 1.19 bits per heavy atom. The van der Waals surface area contributed by atoms with E-state index in [-0.39, 0.29) is 17.8 Å². The van der Waals surface area contributed by atoms with Gasteiger partial charge in [0.1, 0.15) is 17.4 Å². The number of hydrogen-bond donors (Lipinski definition) is 0. The van der Waals surface area contributed by atoms with E-state index >= 15 is 0 Å². The van der Waals surface area contributed by atoms with Crippen molar-refractivity contribution in [3.8, 4) is 16.7 Å². The number of amides is 1. The molecule has 0 aliphatic carbocycles.